The lowest BCUT2D eigenvalue weighted by Crippen LogP contribution is -2.59. The van der Waals surface area contributed by atoms with Gasteiger partial charge in [0.25, 0.3) is 5.91 Å². The average molecular weight is 320 g/mol. The second kappa shape index (κ2) is 6.10. The maximum absolute atomic E-state index is 12.7. The van der Waals surface area contributed by atoms with Gasteiger partial charge in [-0.05, 0) is 19.4 Å². The van der Waals surface area contributed by atoms with E-state index in [1.54, 1.807) is 31.2 Å². The topological polar surface area (TPSA) is 110 Å². The van der Waals surface area contributed by atoms with Crippen LogP contribution in [0.3, 0.4) is 0 Å². The van der Waals surface area contributed by atoms with E-state index < -0.39 is 35.5 Å². The molecule has 7 heteroatoms. The first-order valence-electron chi connectivity index (χ1n) is 7.32. The normalized spacial score (nSPS) is 22.5. The van der Waals surface area contributed by atoms with E-state index in [0.29, 0.717) is 5.56 Å². The van der Waals surface area contributed by atoms with E-state index in [1.165, 1.54) is 6.92 Å². The van der Waals surface area contributed by atoms with Crippen molar-refractivity contribution in [3.63, 3.8) is 0 Å². The van der Waals surface area contributed by atoms with Gasteiger partial charge in [0.15, 0.2) is 17.6 Å². The highest BCUT2D eigenvalue weighted by molar-refractivity contribution is 6.11. The Bertz CT molecular complexity index is 658. The number of Topliss-reactive ketones (excluding diaryl/α,β-unsaturated/α-hetero) is 1. The largest absolute Gasteiger partial charge is 0.467 e. The van der Waals surface area contributed by atoms with Gasteiger partial charge in [0.05, 0.1) is 13.2 Å². The van der Waals surface area contributed by atoms with Crippen molar-refractivity contribution in [2.24, 2.45) is 5.73 Å². The lowest BCUT2D eigenvalue weighted by molar-refractivity contribution is -0.164. The van der Waals surface area contributed by atoms with Crippen LogP contribution in [0, 0.1) is 0 Å². The number of rotatable bonds is 5. The number of ketones is 1. The molecule has 0 spiro atoms. The maximum atomic E-state index is 12.7. The maximum Gasteiger partial charge on any atom is 0.336 e. The molecule has 1 aliphatic rings. The molecule has 0 radical (unpaired) electrons. The van der Waals surface area contributed by atoms with Crippen molar-refractivity contribution in [1.29, 1.82) is 0 Å². The van der Waals surface area contributed by atoms with Gasteiger partial charge in [-0.3, -0.25) is 14.5 Å². The molecule has 1 aliphatic heterocycles. The van der Waals surface area contributed by atoms with Crippen molar-refractivity contribution >= 4 is 17.7 Å². The SMILES string of the molecule is CCC1(O)c2ccccc2C(=O)N1[C@H](C(=O)OC)C(=O)[C@H](C)N. The number of amides is 1. The Kier molecular flexibility index (Phi) is 4.53. The molecule has 3 N–H and O–H groups in total. The second-order valence-electron chi connectivity index (χ2n) is 5.51. The second-order valence-corrected chi connectivity index (χ2v) is 5.51. The third-order valence-electron chi connectivity index (χ3n) is 4.10. The monoisotopic (exact) mass is 320 g/mol. The third-order valence-corrected chi connectivity index (χ3v) is 4.10. The van der Waals surface area contributed by atoms with Crippen LogP contribution in [0.15, 0.2) is 24.3 Å². The number of carbonyl (C=O) groups excluding carboxylic acids is 3. The molecule has 1 aromatic carbocycles. The Morgan fingerprint density at radius 3 is 2.52 bits per heavy atom. The molecule has 124 valence electrons. The Morgan fingerprint density at radius 1 is 1.39 bits per heavy atom. The molecule has 1 unspecified atom stereocenters. The van der Waals surface area contributed by atoms with Crippen molar-refractivity contribution < 1.29 is 24.2 Å². The van der Waals surface area contributed by atoms with Gasteiger partial charge in [0.2, 0.25) is 0 Å². The van der Waals surface area contributed by atoms with Crippen LogP contribution < -0.4 is 5.73 Å². The van der Waals surface area contributed by atoms with Crippen LogP contribution in [0.25, 0.3) is 0 Å². The van der Waals surface area contributed by atoms with Crippen LogP contribution in [0.1, 0.15) is 36.2 Å². The number of aliphatic hydroxyl groups is 1. The first-order chi connectivity index (χ1) is 10.8. The molecule has 23 heavy (non-hydrogen) atoms. The highest BCUT2D eigenvalue weighted by Gasteiger charge is 2.54. The summed E-state index contributed by atoms with van der Waals surface area (Å²) in [7, 11) is 1.11. The van der Waals surface area contributed by atoms with Crippen LogP contribution in [-0.4, -0.2) is 46.9 Å². The molecule has 1 amide bonds. The fourth-order valence-corrected chi connectivity index (χ4v) is 2.85. The van der Waals surface area contributed by atoms with E-state index in [1.807, 2.05) is 0 Å². The van der Waals surface area contributed by atoms with Crippen molar-refractivity contribution in [3.8, 4) is 0 Å². The highest BCUT2D eigenvalue weighted by atomic mass is 16.5. The molecule has 0 fully saturated rings. The summed E-state index contributed by atoms with van der Waals surface area (Å²) < 4.78 is 4.66. The first kappa shape index (κ1) is 17.1. The standard InChI is InChI=1S/C16H20N2O5/c1-4-16(22)11-8-6-5-7-10(11)14(20)18(16)12(15(21)23-3)13(19)9(2)17/h5-9,12,22H,4,17H2,1-3H3/t9-,12-,16?/m0/s1. The van der Waals surface area contributed by atoms with Crippen molar-refractivity contribution in [2.75, 3.05) is 7.11 Å². The zero-order chi connectivity index (χ0) is 17.4. The van der Waals surface area contributed by atoms with Crippen LogP contribution in [0.5, 0.6) is 0 Å². The minimum Gasteiger partial charge on any atom is -0.467 e. The van der Waals surface area contributed by atoms with Crippen molar-refractivity contribution in [1.82, 2.24) is 4.90 Å². The first-order valence-corrected chi connectivity index (χ1v) is 7.32. The summed E-state index contributed by atoms with van der Waals surface area (Å²) in [6, 6.07) is 3.89. The predicted octanol–water partition coefficient (Wildman–Crippen LogP) is 0.155. The average Bonchev–Trinajstić information content (AvgIpc) is 2.77. The Hall–Kier alpha value is -2.25. The summed E-state index contributed by atoms with van der Waals surface area (Å²) in [5.74, 6) is -2.22. The van der Waals surface area contributed by atoms with E-state index >= 15 is 0 Å². The lowest BCUT2D eigenvalue weighted by atomic mass is 9.97. The number of hydrogen-bond acceptors (Lipinski definition) is 6. The van der Waals surface area contributed by atoms with Crippen molar-refractivity contribution in [3.05, 3.63) is 35.4 Å². The molecular weight excluding hydrogens is 300 g/mol. The number of methoxy groups -OCH3 is 1. The molecule has 7 nitrogen and oxygen atoms in total. The fraction of sp³-hybridized carbons (Fsp3) is 0.438. The third kappa shape index (κ3) is 2.51. The highest BCUT2D eigenvalue weighted by Crippen LogP contribution is 2.41. The van der Waals surface area contributed by atoms with Crippen LogP contribution in [0.4, 0.5) is 0 Å². The summed E-state index contributed by atoms with van der Waals surface area (Å²) in [6.07, 6.45) is 0.107. The summed E-state index contributed by atoms with van der Waals surface area (Å²) in [5.41, 5.74) is 4.45. The quantitative estimate of drug-likeness (QED) is 0.590. The minimum absolute atomic E-state index is 0.107. The number of nitrogens with two attached hydrogens (primary N) is 1. The van der Waals surface area contributed by atoms with Gasteiger partial charge < -0.3 is 15.6 Å². The smallest absolute Gasteiger partial charge is 0.336 e. The zero-order valence-electron chi connectivity index (χ0n) is 13.3. The Morgan fingerprint density at radius 2 is 2.00 bits per heavy atom. The molecule has 1 aromatic rings. The Balaban J connectivity index is 2.62. The lowest BCUT2D eigenvalue weighted by Gasteiger charge is -2.37. The predicted molar refractivity (Wildman–Crippen MR) is 81.3 cm³/mol. The van der Waals surface area contributed by atoms with Gasteiger partial charge in [-0.1, -0.05) is 25.1 Å². The molecule has 3 atom stereocenters. The number of hydrogen-bond donors (Lipinski definition) is 2. The van der Waals surface area contributed by atoms with E-state index in [9.17, 15) is 19.5 Å². The molecule has 1 heterocycles. The number of esters is 1. The summed E-state index contributed by atoms with van der Waals surface area (Å²) in [6.45, 7) is 3.07. The number of nitrogens with zero attached hydrogens (tertiary/aromatic N) is 1. The van der Waals surface area contributed by atoms with Gasteiger partial charge in [0.1, 0.15) is 0 Å². The Labute approximate surface area is 134 Å². The molecule has 0 aliphatic carbocycles. The summed E-state index contributed by atoms with van der Waals surface area (Å²) in [5, 5.41) is 11.0. The number of carbonyl (C=O) groups is 3. The summed E-state index contributed by atoms with van der Waals surface area (Å²) >= 11 is 0. The van der Waals surface area contributed by atoms with E-state index in [-0.39, 0.29) is 12.0 Å². The molecule has 2 rings (SSSR count). The number of fused-ring (bicyclic) bond motifs is 1. The van der Waals surface area contributed by atoms with E-state index in [0.717, 1.165) is 12.0 Å². The molecule has 0 saturated carbocycles. The number of ether oxygens (including phenoxy) is 1. The van der Waals surface area contributed by atoms with E-state index in [2.05, 4.69) is 4.74 Å². The zero-order valence-corrected chi connectivity index (χ0v) is 13.3. The van der Waals surface area contributed by atoms with Crippen LogP contribution in [-0.2, 0) is 20.1 Å². The van der Waals surface area contributed by atoms with Gasteiger partial charge in [-0.25, -0.2) is 4.79 Å². The van der Waals surface area contributed by atoms with E-state index in [4.69, 9.17) is 5.73 Å². The van der Waals surface area contributed by atoms with Crippen molar-refractivity contribution in [2.45, 2.75) is 38.1 Å². The van der Waals surface area contributed by atoms with Crippen LogP contribution in [0.2, 0.25) is 0 Å². The fourth-order valence-electron chi connectivity index (χ4n) is 2.85. The van der Waals surface area contributed by atoms with Gasteiger partial charge in [0, 0.05) is 11.1 Å². The summed E-state index contributed by atoms with van der Waals surface area (Å²) in [4.78, 5) is 38.2. The van der Waals surface area contributed by atoms with Gasteiger partial charge in [-0.2, -0.15) is 0 Å². The number of benzene rings is 1. The minimum atomic E-state index is -1.77. The molecular formula is C16H20N2O5. The molecule has 0 bridgehead atoms. The molecule has 0 saturated heterocycles. The van der Waals surface area contributed by atoms with Gasteiger partial charge in [-0.15, -0.1) is 0 Å². The van der Waals surface area contributed by atoms with Crippen LogP contribution >= 0.6 is 0 Å². The molecule has 0 aromatic heterocycles. The van der Waals surface area contributed by atoms with Gasteiger partial charge >= 0.3 is 5.97 Å².